The van der Waals surface area contributed by atoms with Crippen molar-refractivity contribution in [3.63, 3.8) is 0 Å². The van der Waals surface area contributed by atoms with E-state index < -0.39 is 0 Å². The molecular weight excluding hydrogens is 382 g/mol. The lowest BCUT2D eigenvalue weighted by atomic mass is 10.2. The van der Waals surface area contributed by atoms with Gasteiger partial charge >= 0.3 is 0 Å². The molecule has 0 spiro atoms. The third kappa shape index (κ3) is 4.93. The molecule has 0 saturated heterocycles. The van der Waals surface area contributed by atoms with E-state index in [0.717, 1.165) is 43.0 Å². The second-order valence-corrected chi connectivity index (χ2v) is 6.41. The smallest absolute Gasteiger partial charge is 0.227 e. The highest BCUT2D eigenvalue weighted by Gasteiger charge is 2.13. The number of halogens is 1. The fraction of sp³-hybridized carbons (Fsp3) is 0.389. The van der Waals surface area contributed by atoms with Crippen molar-refractivity contribution >= 4 is 18.3 Å². The Labute approximate surface area is 168 Å². The van der Waals surface area contributed by atoms with Gasteiger partial charge in [-0.2, -0.15) is 10.1 Å². The Morgan fingerprint density at radius 2 is 2.32 bits per heavy atom. The summed E-state index contributed by atoms with van der Waals surface area (Å²) in [5, 5.41) is 14.7. The van der Waals surface area contributed by atoms with Crippen LogP contribution in [0.4, 0.5) is 0 Å². The normalized spacial score (nSPS) is 13.3. The van der Waals surface area contributed by atoms with E-state index in [1.165, 1.54) is 0 Å². The van der Waals surface area contributed by atoms with Crippen LogP contribution in [-0.2, 0) is 30.8 Å². The van der Waals surface area contributed by atoms with E-state index in [2.05, 4.69) is 30.9 Å². The van der Waals surface area contributed by atoms with E-state index in [-0.39, 0.29) is 24.7 Å². The highest BCUT2D eigenvalue weighted by Crippen LogP contribution is 2.14. The second-order valence-electron chi connectivity index (χ2n) is 6.41. The van der Waals surface area contributed by atoms with Crippen molar-refractivity contribution in [2.24, 2.45) is 0 Å². The zero-order valence-corrected chi connectivity index (χ0v) is 16.1. The minimum absolute atomic E-state index is 0. The predicted octanol–water partition coefficient (Wildman–Crippen LogP) is 1.49. The number of fused-ring (bicyclic) bond motifs is 1. The molecule has 1 aliphatic rings. The van der Waals surface area contributed by atoms with Crippen LogP contribution >= 0.6 is 12.4 Å². The van der Waals surface area contributed by atoms with Crippen LogP contribution in [0.1, 0.15) is 30.1 Å². The first-order valence-corrected chi connectivity index (χ1v) is 9.04. The molecule has 0 aromatic carbocycles. The number of aromatic nitrogens is 5. The number of nitrogens with one attached hydrogen (secondary N) is 2. The summed E-state index contributed by atoms with van der Waals surface area (Å²) in [6, 6.07) is 5.71. The van der Waals surface area contributed by atoms with E-state index in [1.54, 1.807) is 12.4 Å². The first-order chi connectivity index (χ1) is 13.3. The van der Waals surface area contributed by atoms with E-state index in [1.807, 2.05) is 22.9 Å². The third-order valence-corrected chi connectivity index (χ3v) is 4.36. The first kappa shape index (κ1) is 20.0. The molecule has 3 aromatic heterocycles. The number of hydrogen-bond acceptors (Lipinski definition) is 7. The molecule has 0 fully saturated rings. The Bertz CT molecular complexity index is 886. The second kappa shape index (κ2) is 9.43. The van der Waals surface area contributed by atoms with Gasteiger partial charge in [0.2, 0.25) is 17.6 Å². The summed E-state index contributed by atoms with van der Waals surface area (Å²) in [4.78, 5) is 20.4. The highest BCUT2D eigenvalue weighted by molar-refractivity contribution is 5.85. The summed E-state index contributed by atoms with van der Waals surface area (Å²) in [6.45, 7) is 3.15. The molecule has 0 bridgehead atoms. The summed E-state index contributed by atoms with van der Waals surface area (Å²) >= 11 is 0. The molecular formula is C18H22ClN7O2. The van der Waals surface area contributed by atoms with Crippen molar-refractivity contribution in [1.29, 1.82) is 0 Å². The van der Waals surface area contributed by atoms with Crippen molar-refractivity contribution < 1.29 is 9.32 Å². The van der Waals surface area contributed by atoms with Gasteiger partial charge in [0.1, 0.15) is 0 Å². The van der Waals surface area contributed by atoms with E-state index in [0.29, 0.717) is 24.7 Å². The number of pyridine rings is 1. The van der Waals surface area contributed by atoms with E-state index in [9.17, 15) is 4.79 Å². The summed E-state index contributed by atoms with van der Waals surface area (Å²) in [5.74, 6) is 0.841. The molecule has 1 amide bonds. The largest absolute Gasteiger partial charge is 0.350 e. The molecule has 4 heterocycles. The predicted molar refractivity (Wildman–Crippen MR) is 103 cm³/mol. The van der Waals surface area contributed by atoms with Gasteiger partial charge in [-0.25, -0.2) is 0 Å². The number of carbonyl (C=O) groups excluding carboxylic acids is 1. The number of aryl methyl sites for hydroxylation is 2. The first-order valence-electron chi connectivity index (χ1n) is 9.04. The van der Waals surface area contributed by atoms with Crippen molar-refractivity contribution in [2.45, 2.75) is 38.9 Å². The lowest BCUT2D eigenvalue weighted by molar-refractivity contribution is -0.121. The Morgan fingerprint density at radius 1 is 1.39 bits per heavy atom. The molecule has 148 valence electrons. The van der Waals surface area contributed by atoms with E-state index in [4.69, 9.17) is 4.52 Å². The van der Waals surface area contributed by atoms with Gasteiger partial charge < -0.3 is 15.2 Å². The zero-order chi connectivity index (χ0) is 18.5. The molecule has 1 aliphatic heterocycles. The minimum atomic E-state index is -0.0718. The lowest BCUT2D eigenvalue weighted by Gasteiger charge is -2.02. The molecule has 0 unspecified atom stereocenters. The van der Waals surface area contributed by atoms with Gasteiger partial charge in [0, 0.05) is 43.9 Å². The van der Waals surface area contributed by atoms with Crippen molar-refractivity contribution in [2.75, 3.05) is 6.54 Å². The molecule has 0 aliphatic carbocycles. The maximum absolute atomic E-state index is 12.1. The number of amides is 1. The Morgan fingerprint density at radius 3 is 3.18 bits per heavy atom. The molecule has 2 N–H and O–H groups in total. The molecule has 28 heavy (non-hydrogen) atoms. The van der Waals surface area contributed by atoms with Gasteiger partial charge in [-0.3, -0.25) is 14.5 Å². The third-order valence-electron chi connectivity index (χ3n) is 4.36. The molecule has 3 aromatic rings. The van der Waals surface area contributed by atoms with Crippen LogP contribution in [0, 0.1) is 0 Å². The van der Waals surface area contributed by atoms with Crippen molar-refractivity contribution in [3.8, 4) is 11.4 Å². The Kier molecular flexibility index (Phi) is 6.72. The quantitative estimate of drug-likeness (QED) is 0.641. The summed E-state index contributed by atoms with van der Waals surface area (Å²) in [5.41, 5.74) is 2.82. The van der Waals surface area contributed by atoms with Crippen LogP contribution in [0.5, 0.6) is 0 Å². The molecule has 10 heteroatoms. The fourth-order valence-corrected chi connectivity index (χ4v) is 2.97. The fourth-order valence-electron chi connectivity index (χ4n) is 2.97. The average molecular weight is 404 g/mol. The van der Waals surface area contributed by atoms with Gasteiger partial charge in [0.05, 0.1) is 17.9 Å². The molecule has 9 nitrogen and oxygen atoms in total. The number of nitrogens with zero attached hydrogens (tertiary/aromatic N) is 5. The molecule has 4 rings (SSSR count). The number of carbonyl (C=O) groups is 1. The van der Waals surface area contributed by atoms with Crippen LogP contribution < -0.4 is 10.6 Å². The van der Waals surface area contributed by atoms with Crippen LogP contribution in [0.15, 0.2) is 35.1 Å². The van der Waals surface area contributed by atoms with Crippen LogP contribution in [0.2, 0.25) is 0 Å². The van der Waals surface area contributed by atoms with Gasteiger partial charge in [-0.15, -0.1) is 12.4 Å². The number of hydrogen-bond donors (Lipinski definition) is 2. The summed E-state index contributed by atoms with van der Waals surface area (Å²) < 4.78 is 7.22. The zero-order valence-electron chi connectivity index (χ0n) is 15.3. The lowest BCUT2D eigenvalue weighted by Crippen LogP contribution is -2.23. The van der Waals surface area contributed by atoms with Crippen molar-refractivity contribution in [1.82, 2.24) is 35.5 Å². The summed E-state index contributed by atoms with van der Waals surface area (Å²) in [6.07, 6.45) is 5.09. The molecule has 0 saturated carbocycles. The summed E-state index contributed by atoms with van der Waals surface area (Å²) in [7, 11) is 0. The number of rotatable bonds is 6. The monoisotopic (exact) mass is 403 g/mol. The highest BCUT2D eigenvalue weighted by atomic mass is 35.5. The van der Waals surface area contributed by atoms with Crippen LogP contribution in [0.3, 0.4) is 0 Å². The SMILES string of the molecule is Cl.O=C(CCc1nc(-c2cccnc2)no1)NCc1cc2n(n1)CCCNC2. The van der Waals surface area contributed by atoms with Gasteiger partial charge in [-0.05, 0) is 31.2 Å². The minimum Gasteiger partial charge on any atom is -0.350 e. The Hall–Kier alpha value is -2.78. The van der Waals surface area contributed by atoms with Gasteiger partial charge in [0.15, 0.2) is 0 Å². The average Bonchev–Trinajstić information content (AvgIpc) is 3.27. The van der Waals surface area contributed by atoms with Crippen molar-refractivity contribution in [3.05, 3.63) is 47.9 Å². The van der Waals surface area contributed by atoms with Crippen LogP contribution in [-0.4, -0.2) is 37.4 Å². The van der Waals surface area contributed by atoms with Gasteiger partial charge in [0.25, 0.3) is 0 Å². The standard InChI is InChI=1S/C18H21N7O2.ClH/c26-16(21-11-14-9-15-12-20-7-2-8-25(15)23-14)4-5-17-22-18(24-27-17)13-3-1-6-19-10-13;/h1,3,6,9-10,20H,2,4-5,7-8,11-12H2,(H,21,26);1H. The van der Waals surface area contributed by atoms with E-state index >= 15 is 0 Å². The maximum Gasteiger partial charge on any atom is 0.227 e. The topological polar surface area (TPSA) is 111 Å². The Balaban J connectivity index is 0.00000225. The maximum atomic E-state index is 12.1. The van der Waals surface area contributed by atoms with Crippen LogP contribution in [0.25, 0.3) is 11.4 Å². The molecule has 0 atom stereocenters. The molecule has 0 radical (unpaired) electrons. The van der Waals surface area contributed by atoms with Gasteiger partial charge in [-0.1, -0.05) is 5.16 Å².